The van der Waals surface area contributed by atoms with Crippen LogP contribution in [0, 0.1) is 22.7 Å². The van der Waals surface area contributed by atoms with Gasteiger partial charge >= 0.3 is 0 Å². The van der Waals surface area contributed by atoms with Crippen molar-refractivity contribution in [2.45, 2.75) is 142 Å². The number of ether oxygens (including phenoxy) is 2. The average Bonchev–Trinajstić information content (AvgIpc) is 2.90. The Morgan fingerprint density at radius 1 is 0.472 bits per heavy atom. The van der Waals surface area contributed by atoms with Crippen molar-refractivity contribution in [2.24, 2.45) is 0 Å². The highest BCUT2D eigenvalue weighted by atomic mass is 16.5. The maximum Gasteiger partial charge on any atom is 0.138 e. The standard InChI is InChI=1S/C32H52N2O2/c1-3-5-7-9-11-13-15-17-19-21-25-35-31-23-24-32(30(28-34)29(31)27-33)36-26-22-20-18-16-14-12-10-8-6-4-2/h23-24H,3-22,25-26H2,1-2H3. The number of rotatable bonds is 24. The minimum absolute atomic E-state index is 0.296. The highest BCUT2D eigenvalue weighted by Gasteiger charge is 2.15. The van der Waals surface area contributed by atoms with E-state index in [4.69, 9.17) is 9.47 Å². The second-order valence-electron chi connectivity index (χ2n) is 10.1. The Balaban J connectivity index is 2.25. The van der Waals surface area contributed by atoms with Crippen LogP contribution in [0.25, 0.3) is 0 Å². The molecule has 0 spiro atoms. The summed E-state index contributed by atoms with van der Waals surface area (Å²) < 4.78 is 11.8. The third-order valence-corrected chi connectivity index (χ3v) is 6.86. The van der Waals surface area contributed by atoms with Gasteiger partial charge in [-0.05, 0) is 25.0 Å². The van der Waals surface area contributed by atoms with Gasteiger partial charge in [0.05, 0.1) is 13.2 Å². The fraction of sp³-hybridized carbons (Fsp3) is 0.750. The molecule has 0 heterocycles. The lowest BCUT2D eigenvalue weighted by atomic mass is 10.1. The van der Waals surface area contributed by atoms with E-state index in [1.165, 1.54) is 103 Å². The zero-order chi connectivity index (χ0) is 26.1. The highest BCUT2D eigenvalue weighted by molar-refractivity contribution is 5.60. The lowest BCUT2D eigenvalue weighted by Crippen LogP contribution is -2.04. The summed E-state index contributed by atoms with van der Waals surface area (Å²) in [4.78, 5) is 0. The molecule has 1 aromatic carbocycles. The zero-order valence-corrected chi connectivity index (χ0v) is 23.4. The Labute approximate surface area is 222 Å². The molecule has 1 aromatic rings. The van der Waals surface area contributed by atoms with Gasteiger partial charge in [0.25, 0.3) is 0 Å². The predicted octanol–water partition coefficient (Wildman–Crippen LogP) is 10.0. The van der Waals surface area contributed by atoms with Gasteiger partial charge in [-0.1, -0.05) is 129 Å². The van der Waals surface area contributed by atoms with Crippen molar-refractivity contribution in [1.82, 2.24) is 0 Å². The molecule has 0 aromatic heterocycles. The van der Waals surface area contributed by atoms with Crippen LogP contribution in [0.4, 0.5) is 0 Å². The number of nitriles is 2. The van der Waals surface area contributed by atoms with Crippen molar-refractivity contribution in [3.05, 3.63) is 23.3 Å². The molecular formula is C32H52N2O2. The van der Waals surface area contributed by atoms with E-state index >= 15 is 0 Å². The summed E-state index contributed by atoms with van der Waals surface area (Å²) in [5, 5.41) is 19.3. The molecule has 202 valence electrons. The second kappa shape index (κ2) is 23.2. The molecule has 0 aliphatic rings. The summed E-state index contributed by atoms with van der Waals surface area (Å²) in [6.07, 6.45) is 25.5. The third kappa shape index (κ3) is 15.0. The molecule has 0 amide bonds. The molecule has 0 radical (unpaired) electrons. The smallest absolute Gasteiger partial charge is 0.138 e. The minimum Gasteiger partial charge on any atom is -0.492 e. The molecular weight excluding hydrogens is 444 g/mol. The van der Waals surface area contributed by atoms with E-state index in [0.717, 1.165) is 25.7 Å². The van der Waals surface area contributed by atoms with Crippen LogP contribution in [0.2, 0.25) is 0 Å². The van der Waals surface area contributed by atoms with Crippen LogP contribution in [0.5, 0.6) is 11.5 Å². The second-order valence-corrected chi connectivity index (χ2v) is 10.1. The Hall–Kier alpha value is -2.20. The minimum atomic E-state index is 0.296. The molecule has 0 saturated carbocycles. The van der Waals surface area contributed by atoms with Gasteiger partial charge in [0.2, 0.25) is 0 Å². The molecule has 0 aliphatic carbocycles. The third-order valence-electron chi connectivity index (χ3n) is 6.86. The first-order chi connectivity index (χ1) is 17.8. The lowest BCUT2D eigenvalue weighted by Gasteiger charge is -2.13. The van der Waals surface area contributed by atoms with Crippen molar-refractivity contribution in [3.8, 4) is 23.6 Å². The Morgan fingerprint density at radius 2 is 0.750 bits per heavy atom. The maximum absolute atomic E-state index is 9.66. The molecule has 1 rings (SSSR count). The lowest BCUT2D eigenvalue weighted by molar-refractivity contribution is 0.295. The SMILES string of the molecule is CCCCCCCCCCCCOc1ccc(OCCCCCCCCCCCC)c(C#N)c1C#N. The van der Waals surface area contributed by atoms with E-state index in [9.17, 15) is 10.5 Å². The average molecular weight is 497 g/mol. The van der Waals surface area contributed by atoms with Crippen molar-refractivity contribution in [2.75, 3.05) is 13.2 Å². The normalized spacial score (nSPS) is 10.7. The molecule has 0 bridgehead atoms. The summed E-state index contributed by atoms with van der Waals surface area (Å²) in [5.41, 5.74) is 0.593. The van der Waals surface area contributed by atoms with Gasteiger partial charge in [0, 0.05) is 0 Å². The molecule has 4 nitrogen and oxygen atoms in total. The quantitative estimate of drug-likeness (QED) is 0.133. The molecule has 0 N–H and O–H groups in total. The van der Waals surface area contributed by atoms with E-state index in [0.29, 0.717) is 35.8 Å². The van der Waals surface area contributed by atoms with Crippen LogP contribution in [-0.4, -0.2) is 13.2 Å². The van der Waals surface area contributed by atoms with Crippen molar-refractivity contribution in [1.29, 1.82) is 10.5 Å². The Bertz CT molecular complexity index is 685. The van der Waals surface area contributed by atoms with Gasteiger partial charge in [-0.15, -0.1) is 0 Å². The fourth-order valence-corrected chi connectivity index (χ4v) is 4.57. The zero-order valence-electron chi connectivity index (χ0n) is 23.4. The number of benzene rings is 1. The molecule has 0 fully saturated rings. The van der Waals surface area contributed by atoms with Crippen LogP contribution in [0.3, 0.4) is 0 Å². The summed E-state index contributed by atoms with van der Waals surface area (Å²) in [6.45, 7) is 5.67. The first-order valence-corrected chi connectivity index (χ1v) is 15.0. The molecule has 0 unspecified atom stereocenters. The first-order valence-electron chi connectivity index (χ1n) is 15.0. The summed E-state index contributed by atoms with van der Waals surface area (Å²) in [7, 11) is 0. The number of nitrogens with zero attached hydrogens (tertiary/aromatic N) is 2. The van der Waals surface area contributed by atoms with Gasteiger partial charge in [-0.3, -0.25) is 0 Å². The van der Waals surface area contributed by atoms with Crippen LogP contribution < -0.4 is 9.47 Å². The molecule has 4 heteroatoms. The summed E-state index contributed by atoms with van der Waals surface area (Å²) >= 11 is 0. The number of hydrogen-bond acceptors (Lipinski definition) is 4. The highest BCUT2D eigenvalue weighted by Crippen LogP contribution is 2.30. The van der Waals surface area contributed by atoms with E-state index in [-0.39, 0.29) is 0 Å². The van der Waals surface area contributed by atoms with E-state index < -0.39 is 0 Å². The van der Waals surface area contributed by atoms with Crippen LogP contribution in [-0.2, 0) is 0 Å². The molecule has 0 aliphatic heterocycles. The molecule has 36 heavy (non-hydrogen) atoms. The van der Waals surface area contributed by atoms with Crippen LogP contribution >= 0.6 is 0 Å². The predicted molar refractivity (Wildman–Crippen MR) is 151 cm³/mol. The van der Waals surface area contributed by atoms with E-state index in [1.807, 2.05) is 0 Å². The Kier molecular flexibility index (Phi) is 20.5. The van der Waals surface area contributed by atoms with Gasteiger partial charge in [-0.2, -0.15) is 10.5 Å². The van der Waals surface area contributed by atoms with Gasteiger partial charge in [0.15, 0.2) is 0 Å². The largest absolute Gasteiger partial charge is 0.492 e. The monoisotopic (exact) mass is 496 g/mol. The summed E-state index contributed by atoms with van der Waals surface area (Å²) in [5.74, 6) is 0.993. The van der Waals surface area contributed by atoms with Gasteiger partial charge < -0.3 is 9.47 Å². The fourth-order valence-electron chi connectivity index (χ4n) is 4.57. The topological polar surface area (TPSA) is 66.0 Å². The van der Waals surface area contributed by atoms with Gasteiger partial charge in [-0.25, -0.2) is 0 Å². The summed E-state index contributed by atoms with van der Waals surface area (Å²) in [6, 6.07) is 7.88. The van der Waals surface area contributed by atoms with Crippen LogP contribution in [0.15, 0.2) is 12.1 Å². The van der Waals surface area contributed by atoms with Crippen LogP contribution in [0.1, 0.15) is 153 Å². The number of hydrogen-bond donors (Lipinski definition) is 0. The van der Waals surface area contributed by atoms with Gasteiger partial charge in [0.1, 0.15) is 34.8 Å². The maximum atomic E-state index is 9.66. The van der Waals surface area contributed by atoms with Crippen molar-refractivity contribution < 1.29 is 9.47 Å². The van der Waals surface area contributed by atoms with E-state index in [2.05, 4.69) is 26.0 Å². The number of unbranched alkanes of at least 4 members (excludes halogenated alkanes) is 18. The first kappa shape index (κ1) is 31.8. The van der Waals surface area contributed by atoms with E-state index in [1.54, 1.807) is 12.1 Å². The molecule has 0 saturated heterocycles. The van der Waals surface area contributed by atoms with Crippen molar-refractivity contribution in [3.63, 3.8) is 0 Å². The van der Waals surface area contributed by atoms with Crippen molar-refractivity contribution >= 4 is 0 Å². The Morgan fingerprint density at radius 3 is 1.03 bits per heavy atom. The molecule has 0 atom stereocenters.